The average Bonchev–Trinajstić information content (AvgIpc) is 2.94. The van der Waals surface area contributed by atoms with Crippen molar-refractivity contribution in [2.24, 2.45) is 11.8 Å². The van der Waals surface area contributed by atoms with Gasteiger partial charge in [-0.05, 0) is 18.9 Å². The zero-order valence-corrected chi connectivity index (χ0v) is 15.9. The van der Waals surface area contributed by atoms with Gasteiger partial charge in [-0.3, -0.25) is 14.4 Å². The van der Waals surface area contributed by atoms with Gasteiger partial charge in [0.25, 0.3) is 0 Å². The first kappa shape index (κ1) is 19.9. The van der Waals surface area contributed by atoms with Gasteiger partial charge < -0.3 is 15.0 Å². The van der Waals surface area contributed by atoms with Gasteiger partial charge in [-0.25, -0.2) is 0 Å². The number of hydrogen-bond acceptors (Lipinski definition) is 4. The number of nitrogens with zero attached hydrogens (tertiary/aromatic N) is 1. The largest absolute Gasteiger partial charge is 0.466 e. The third kappa shape index (κ3) is 3.89. The molecule has 0 aliphatic carbocycles. The highest BCUT2D eigenvalue weighted by Crippen LogP contribution is 2.45. The number of amides is 2. The number of rotatable bonds is 6. The first-order valence-corrected chi connectivity index (χ1v) is 9.22. The minimum absolute atomic E-state index is 0.220. The molecule has 0 bridgehead atoms. The van der Waals surface area contributed by atoms with Gasteiger partial charge in [0, 0.05) is 19.4 Å². The number of carbonyl (C=O) groups excluding carboxylic acids is 3. The van der Waals surface area contributed by atoms with Crippen LogP contribution in [0, 0.1) is 11.8 Å². The van der Waals surface area contributed by atoms with Gasteiger partial charge in [-0.15, -0.1) is 0 Å². The Bertz CT molecular complexity index is 646. The fraction of sp³-hybridized carbons (Fsp3) is 0.550. The molecule has 1 aliphatic rings. The summed E-state index contributed by atoms with van der Waals surface area (Å²) in [5.74, 6) is -1.75. The molecule has 4 unspecified atom stereocenters. The highest BCUT2D eigenvalue weighted by atomic mass is 16.5. The summed E-state index contributed by atoms with van der Waals surface area (Å²) >= 11 is 0. The lowest BCUT2D eigenvalue weighted by atomic mass is 9.85. The van der Waals surface area contributed by atoms with Crippen molar-refractivity contribution in [3.63, 3.8) is 0 Å². The highest BCUT2D eigenvalue weighted by Gasteiger charge is 2.54. The van der Waals surface area contributed by atoms with E-state index in [1.165, 1.54) is 6.92 Å². The lowest BCUT2D eigenvalue weighted by Crippen LogP contribution is -2.48. The summed E-state index contributed by atoms with van der Waals surface area (Å²) in [6.07, 6.45) is 0.802. The van der Waals surface area contributed by atoms with E-state index in [0.29, 0.717) is 6.54 Å². The maximum atomic E-state index is 12.8. The topological polar surface area (TPSA) is 75.7 Å². The summed E-state index contributed by atoms with van der Waals surface area (Å²) in [6, 6.07) is 8.16. The Hall–Kier alpha value is -2.37. The number of esters is 1. The monoisotopic (exact) mass is 360 g/mol. The van der Waals surface area contributed by atoms with E-state index >= 15 is 0 Å². The highest BCUT2D eigenvalue weighted by molar-refractivity contribution is 5.90. The van der Waals surface area contributed by atoms with Crippen molar-refractivity contribution in [2.75, 3.05) is 13.2 Å². The molecule has 0 spiro atoms. The number of ether oxygens (including phenoxy) is 1. The van der Waals surface area contributed by atoms with E-state index in [1.807, 2.05) is 44.2 Å². The molecule has 2 rings (SSSR count). The number of benzene rings is 1. The lowest BCUT2D eigenvalue weighted by Gasteiger charge is -2.30. The summed E-state index contributed by atoms with van der Waals surface area (Å²) in [7, 11) is 0. The van der Waals surface area contributed by atoms with Crippen molar-refractivity contribution in [1.29, 1.82) is 0 Å². The van der Waals surface area contributed by atoms with Crippen LogP contribution in [0.5, 0.6) is 0 Å². The third-order valence-corrected chi connectivity index (χ3v) is 4.89. The van der Waals surface area contributed by atoms with Crippen molar-refractivity contribution in [2.45, 2.75) is 46.2 Å². The minimum atomic E-state index is -0.696. The van der Waals surface area contributed by atoms with E-state index in [1.54, 1.807) is 11.8 Å². The summed E-state index contributed by atoms with van der Waals surface area (Å²) in [5.41, 5.74) is 0.832. The molecule has 1 heterocycles. The summed E-state index contributed by atoms with van der Waals surface area (Å²) in [6.45, 7) is 7.80. The van der Waals surface area contributed by atoms with Crippen LogP contribution in [0.15, 0.2) is 30.3 Å². The van der Waals surface area contributed by atoms with Crippen molar-refractivity contribution >= 4 is 17.8 Å². The maximum absolute atomic E-state index is 12.8. The number of hydrogen-bond donors (Lipinski definition) is 1. The molecule has 1 fully saturated rings. The lowest BCUT2D eigenvalue weighted by molar-refractivity contribution is -0.150. The van der Waals surface area contributed by atoms with Crippen molar-refractivity contribution < 1.29 is 19.1 Å². The molecule has 6 heteroatoms. The van der Waals surface area contributed by atoms with E-state index < -0.39 is 18.0 Å². The van der Waals surface area contributed by atoms with Crippen LogP contribution in [-0.4, -0.2) is 41.9 Å². The minimum Gasteiger partial charge on any atom is -0.466 e. The Morgan fingerprint density at radius 3 is 2.35 bits per heavy atom. The van der Waals surface area contributed by atoms with Gasteiger partial charge in [-0.2, -0.15) is 0 Å². The first-order valence-electron chi connectivity index (χ1n) is 9.22. The molecule has 0 aromatic heterocycles. The molecule has 2 amide bonds. The second-order valence-corrected chi connectivity index (χ2v) is 6.65. The molecule has 1 N–H and O–H groups in total. The fourth-order valence-electron chi connectivity index (χ4n) is 3.79. The predicted octanol–water partition coefficient (Wildman–Crippen LogP) is 2.30. The van der Waals surface area contributed by atoms with Crippen LogP contribution in [0.2, 0.25) is 0 Å². The number of likely N-dealkylation sites (tertiary alicyclic amines) is 1. The van der Waals surface area contributed by atoms with Gasteiger partial charge in [0.15, 0.2) is 0 Å². The van der Waals surface area contributed by atoms with Crippen LogP contribution >= 0.6 is 0 Å². The molecule has 142 valence electrons. The maximum Gasteiger partial charge on any atom is 0.311 e. The molecule has 1 aromatic rings. The Balaban J connectivity index is 2.49. The molecule has 1 aromatic carbocycles. The van der Waals surface area contributed by atoms with Gasteiger partial charge >= 0.3 is 5.97 Å². The molecule has 0 saturated carbocycles. The zero-order valence-electron chi connectivity index (χ0n) is 15.9. The molecular formula is C20H28N2O4. The van der Waals surface area contributed by atoms with Crippen molar-refractivity contribution in [3.05, 3.63) is 35.9 Å². The van der Waals surface area contributed by atoms with Crippen LogP contribution in [0.1, 0.15) is 45.7 Å². The molecule has 4 atom stereocenters. The SMILES string of the molecule is CCCNC(=O)C1C(C)C(C(=O)OCC)C(c2ccccc2)N1C(C)=O. The molecule has 1 saturated heterocycles. The van der Waals surface area contributed by atoms with E-state index in [4.69, 9.17) is 4.74 Å². The molecule has 0 radical (unpaired) electrons. The number of carbonyl (C=O) groups is 3. The normalized spacial score (nSPS) is 25.0. The average molecular weight is 360 g/mol. The summed E-state index contributed by atoms with van der Waals surface area (Å²) < 4.78 is 5.28. The van der Waals surface area contributed by atoms with Crippen LogP contribution in [-0.2, 0) is 19.1 Å². The summed E-state index contributed by atoms with van der Waals surface area (Å²) in [4.78, 5) is 39.5. The van der Waals surface area contributed by atoms with E-state index in [2.05, 4.69) is 5.32 Å². The fourth-order valence-corrected chi connectivity index (χ4v) is 3.79. The quantitative estimate of drug-likeness (QED) is 0.790. The molecular weight excluding hydrogens is 332 g/mol. The van der Waals surface area contributed by atoms with Gasteiger partial charge in [0.1, 0.15) is 6.04 Å². The summed E-state index contributed by atoms with van der Waals surface area (Å²) in [5, 5.41) is 2.87. The first-order chi connectivity index (χ1) is 12.4. The van der Waals surface area contributed by atoms with Crippen LogP contribution in [0.3, 0.4) is 0 Å². The Labute approximate surface area is 154 Å². The Kier molecular flexibility index (Phi) is 6.77. The smallest absolute Gasteiger partial charge is 0.311 e. The van der Waals surface area contributed by atoms with E-state index in [0.717, 1.165) is 12.0 Å². The molecule has 26 heavy (non-hydrogen) atoms. The van der Waals surface area contributed by atoms with Crippen LogP contribution in [0.4, 0.5) is 0 Å². The second-order valence-electron chi connectivity index (χ2n) is 6.65. The Morgan fingerprint density at radius 1 is 1.15 bits per heavy atom. The molecule has 1 aliphatic heterocycles. The van der Waals surface area contributed by atoms with Gasteiger partial charge in [0.2, 0.25) is 11.8 Å². The standard InChI is InChI=1S/C20H28N2O4/c1-5-12-21-19(24)17-13(3)16(20(25)26-6-2)18(22(17)14(4)23)15-10-8-7-9-11-15/h7-11,13,16-18H,5-6,12H2,1-4H3,(H,21,24). The Morgan fingerprint density at radius 2 is 1.81 bits per heavy atom. The van der Waals surface area contributed by atoms with Crippen LogP contribution < -0.4 is 5.32 Å². The second kappa shape index (κ2) is 8.83. The zero-order chi connectivity index (χ0) is 19.3. The van der Waals surface area contributed by atoms with Gasteiger partial charge in [-0.1, -0.05) is 44.2 Å². The number of nitrogens with one attached hydrogen (secondary N) is 1. The van der Waals surface area contributed by atoms with Crippen molar-refractivity contribution in [1.82, 2.24) is 10.2 Å². The third-order valence-electron chi connectivity index (χ3n) is 4.89. The molecule has 6 nitrogen and oxygen atoms in total. The van der Waals surface area contributed by atoms with Crippen LogP contribution in [0.25, 0.3) is 0 Å². The van der Waals surface area contributed by atoms with E-state index in [9.17, 15) is 14.4 Å². The van der Waals surface area contributed by atoms with Crippen molar-refractivity contribution in [3.8, 4) is 0 Å². The van der Waals surface area contributed by atoms with Gasteiger partial charge in [0.05, 0.1) is 18.6 Å². The predicted molar refractivity (Wildman–Crippen MR) is 98.1 cm³/mol. The van der Waals surface area contributed by atoms with E-state index in [-0.39, 0.29) is 30.3 Å².